The fourth-order valence-electron chi connectivity index (χ4n) is 2.14. The summed E-state index contributed by atoms with van der Waals surface area (Å²) < 4.78 is 28.1. The van der Waals surface area contributed by atoms with Crippen molar-refractivity contribution in [2.24, 2.45) is 0 Å². The minimum Gasteiger partial charge on any atom is -0.494 e. The third-order valence-electron chi connectivity index (χ3n) is 2.77. The summed E-state index contributed by atoms with van der Waals surface area (Å²) in [5.74, 6) is 0.977. The number of para-hydroxylation sites is 1. The molecule has 5 heteroatoms. The lowest BCUT2D eigenvalue weighted by Gasteiger charge is -2.21. The van der Waals surface area contributed by atoms with Crippen molar-refractivity contribution in [3.05, 3.63) is 29.8 Å². The minimum absolute atomic E-state index is 0.0412. The normalized spacial score (nSPS) is 14.9. The Labute approximate surface area is 116 Å². The van der Waals surface area contributed by atoms with Crippen LogP contribution in [-0.2, 0) is 9.84 Å². The summed E-state index contributed by atoms with van der Waals surface area (Å²) in [6.45, 7) is 6.45. The van der Waals surface area contributed by atoms with Crippen LogP contribution in [0.1, 0.15) is 32.4 Å². The van der Waals surface area contributed by atoms with Crippen molar-refractivity contribution in [2.45, 2.75) is 32.9 Å². The van der Waals surface area contributed by atoms with Crippen LogP contribution in [0.3, 0.4) is 0 Å². The van der Waals surface area contributed by atoms with Gasteiger partial charge in [-0.2, -0.15) is 0 Å². The molecule has 0 amide bonds. The SMILES string of the molecule is CCOc1ccccc1C(C)NC(C)CS(C)(=O)=O. The van der Waals surface area contributed by atoms with Gasteiger partial charge in [-0.05, 0) is 26.8 Å². The van der Waals surface area contributed by atoms with Gasteiger partial charge in [0.2, 0.25) is 0 Å². The van der Waals surface area contributed by atoms with Gasteiger partial charge in [-0.15, -0.1) is 0 Å². The van der Waals surface area contributed by atoms with Gasteiger partial charge in [-0.25, -0.2) is 8.42 Å². The molecule has 0 fully saturated rings. The van der Waals surface area contributed by atoms with Gasteiger partial charge in [0.05, 0.1) is 12.4 Å². The molecular formula is C14H23NO3S. The average molecular weight is 285 g/mol. The maximum Gasteiger partial charge on any atom is 0.148 e. The highest BCUT2D eigenvalue weighted by atomic mass is 32.2. The van der Waals surface area contributed by atoms with E-state index in [4.69, 9.17) is 4.74 Å². The summed E-state index contributed by atoms with van der Waals surface area (Å²) >= 11 is 0. The Morgan fingerprint density at radius 1 is 1.26 bits per heavy atom. The van der Waals surface area contributed by atoms with Gasteiger partial charge in [0.25, 0.3) is 0 Å². The first-order valence-electron chi connectivity index (χ1n) is 6.49. The van der Waals surface area contributed by atoms with Gasteiger partial charge in [-0.1, -0.05) is 18.2 Å². The number of hydrogen-bond acceptors (Lipinski definition) is 4. The number of nitrogens with one attached hydrogen (secondary N) is 1. The lowest BCUT2D eigenvalue weighted by atomic mass is 10.1. The first-order valence-corrected chi connectivity index (χ1v) is 8.55. The van der Waals surface area contributed by atoms with Crippen LogP contribution < -0.4 is 10.1 Å². The topological polar surface area (TPSA) is 55.4 Å². The summed E-state index contributed by atoms with van der Waals surface area (Å²) in [6.07, 6.45) is 1.25. The first kappa shape index (κ1) is 16.0. The van der Waals surface area contributed by atoms with Gasteiger partial charge in [0.15, 0.2) is 0 Å². The first-order chi connectivity index (χ1) is 8.83. The molecule has 1 rings (SSSR count). The maximum absolute atomic E-state index is 11.3. The van der Waals surface area contributed by atoms with Gasteiger partial charge in [0, 0.05) is 23.9 Å². The number of benzene rings is 1. The summed E-state index contributed by atoms with van der Waals surface area (Å²) in [6, 6.07) is 7.76. The van der Waals surface area contributed by atoms with E-state index in [2.05, 4.69) is 5.32 Å². The maximum atomic E-state index is 11.3. The summed E-state index contributed by atoms with van der Waals surface area (Å²) in [5.41, 5.74) is 1.05. The molecular weight excluding hydrogens is 262 g/mol. The number of ether oxygens (including phenoxy) is 1. The molecule has 0 bridgehead atoms. The van der Waals surface area contributed by atoms with Gasteiger partial charge < -0.3 is 10.1 Å². The molecule has 1 aromatic carbocycles. The Kier molecular flexibility index (Phi) is 5.82. The fraction of sp³-hybridized carbons (Fsp3) is 0.571. The van der Waals surface area contributed by atoms with Crippen molar-refractivity contribution in [1.82, 2.24) is 5.32 Å². The minimum atomic E-state index is -2.97. The van der Waals surface area contributed by atoms with E-state index in [1.807, 2.05) is 45.0 Å². The van der Waals surface area contributed by atoms with Crippen molar-refractivity contribution in [3.63, 3.8) is 0 Å². The molecule has 0 aromatic heterocycles. The van der Waals surface area contributed by atoms with E-state index < -0.39 is 9.84 Å². The third-order valence-corrected chi connectivity index (χ3v) is 3.88. The number of rotatable bonds is 7. The van der Waals surface area contributed by atoms with Crippen molar-refractivity contribution >= 4 is 9.84 Å². The molecule has 0 saturated carbocycles. The predicted molar refractivity (Wildman–Crippen MR) is 78.3 cm³/mol. The zero-order valence-electron chi connectivity index (χ0n) is 12.0. The van der Waals surface area contributed by atoms with E-state index in [1.165, 1.54) is 6.26 Å². The molecule has 2 atom stereocenters. The molecule has 0 aliphatic rings. The predicted octanol–water partition coefficient (Wildman–Crippen LogP) is 2.17. The van der Waals surface area contributed by atoms with Crippen LogP contribution in [-0.4, -0.2) is 33.1 Å². The molecule has 0 radical (unpaired) electrons. The van der Waals surface area contributed by atoms with Gasteiger partial charge in [-0.3, -0.25) is 0 Å². The summed E-state index contributed by atoms with van der Waals surface area (Å²) in [7, 11) is -2.97. The lowest BCUT2D eigenvalue weighted by Crippen LogP contribution is -2.34. The monoisotopic (exact) mass is 285 g/mol. The smallest absolute Gasteiger partial charge is 0.148 e. The second-order valence-electron chi connectivity index (χ2n) is 4.85. The van der Waals surface area contributed by atoms with Crippen molar-refractivity contribution in [2.75, 3.05) is 18.6 Å². The van der Waals surface area contributed by atoms with E-state index in [-0.39, 0.29) is 17.8 Å². The molecule has 0 saturated heterocycles. The van der Waals surface area contributed by atoms with Gasteiger partial charge >= 0.3 is 0 Å². The molecule has 0 aliphatic heterocycles. The Balaban J connectivity index is 2.75. The Bertz CT molecular complexity index is 499. The highest BCUT2D eigenvalue weighted by Gasteiger charge is 2.16. The van der Waals surface area contributed by atoms with E-state index in [0.29, 0.717) is 6.61 Å². The van der Waals surface area contributed by atoms with Crippen LogP contribution in [0.2, 0.25) is 0 Å². The third kappa shape index (κ3) is 5.61. The highest BCUT2D eigenvalue weighted by Crippen LogP contribution is 2.25. The quantitative estimate of drug-likeness (QED) is 0.834. The number of hydrogen-bond donors (Lipinski definition) is 1. The van der Waals surface area contributed by atoms with E-state index in [1.54, 1.807) is 0 Å². The molecule has 1 N–H and O–H groups in total. The molecule has 4 nitrogen and oxygen atoms in total. The van der Waals surface area contributed by atoms with Crippen molar-refractivity contribution in [3.8, 4) is 5.75 Å². The van der Waals surface area contributed by atoms with E-state index in [0.717, 1.165) is 11.3 Å². The van der Waals surface area contributed by atoms with Crippen LogP contribution in [0.4, 0.5) is 0 Å². The van der Waals surface area contributed by atoms with E-state index in [9.17, 15) is 8.42 Å². The second-order valence-corrected chi connectivity index (χ2v) is 7.04. The highest BCUT2D eigenvalue weighted by molar-refractivity contribution is 7.90. The second kappa shape index (κ2) is 6.91. The average Bonchev–Trinajstić information content (AvgIpc) is 2.27. The molecule has 2 unspecified atom stereocenters. The largest absolute Gasteiger partial charge is 0.494 e. The zero-order chi connectivity index (χ0) is 14.5. The Hall–Kier alpha value is -1.07. The van der Waals surface area contributed by atoms with Crippen LogP contribution in [0.15, 0.2) is 24.3 Å². The lowest BCUT2D eigenvalue weighted by molar-refractivity contribution is 0.331. The molecule has 0 spiro atoms. The Morgan fingerprint density at radius 3 is 2.47 bits per heavy atom. The molecule has 108 valence electrons. The van der Waals surface area contributed by atoms with E-state index >= 15 is 0 Å². The summed E-state index contributed by atoms with van der Waals surface area (Å²) in [5, 5.41) is 3.29. The van der Waals surface area contributed by atoms with Crippen LogP contribution >= 0.6 is 0 Å². The fourth-order valence-corrected chi connectivity index (χ4v) is 3.15. The van der Waals surface area contributed by atoms with Crippen molar-refractivity contribution in [1.29, 1.82) is 0 Å². The number of sulfone groups is 1. The van der Waals surface area contributed by atoms with Gasteiger partial charge in [0.1, 0.15) is 15.6 Å². The molecule has 0 heterocycles. The van der Waals surface area contributed by atoms with Crippen LogP contribution in [0, 0.1) is 0 Å². The molecule has 19 heavy (non-hydrogen) atoms. The van der Waals surface area contributed by atoms with Crippen molar-refractivity contribution < 1.29 is 13.2 Å². The van der Waals surface area contributed by atoms with Crippen LogP contribution in [0.5, 0.6) is 5.75 Å². The summed E-state index contributed by atoms with van der Waals surface area (Å²) in [4.78, 5) is 0. The molecule has 0 aliphatic carbocycles. The standard InChI is InChI=1S/C14H23NO3S/c1-5-18-14-9-7-6-8-13(14)12(3)15-11(2)10-19(4,16)17/h6-9,11-12,15H,5,10H2,1-4H3. The molecule has 1 aromatic rings. The van der Waals surface area contributed by atoms with Crippen LogP contribution in [0.25, 0.3) is 0 Å². The zero-order valence-corrected chi connectivity index (χ0v) is 12.8. The Morgan fingerprint density at radius 2 is 1.89 bits per heavy atom.